The summed E-state index contributed by atoms with van der Waals surface area (Å²) in [5.74, 6) is -0.0358. The lowest BCUT2D eigenvalue weighted by Crippen LogP contribution is -2.34. The molecule has 4 rings (SSSR count). The predicted molar refractivity (Wildman–Crippen MR) is 55.1 cm³/mol. The minimum absolute atomic E-state index is 0.0272. The van der Waals surface area contributed by atoms with Gasteiger partial charge in [-0.25, -0.2) is 0 Å². The van der Waals surface area contributed by atoms with Gasteiger partial charge in [0.05, 0.1) is 25.4 Å². The molecule has 0 saturated carbocycles. The van der Waals surface area contributed by atoms with Gasteiger partial charge in [0.1, 0.15) is 0 Å². The molecule has 4 aliphatic heterocycles. The van der Waals surface area contributed by atoms with E-state index in [0.717, 1.165) is 24.0 Å². The molecule has 5 heteroatoms. The van der Waals surface area contributed by atoms with Crippen LogP contribution in [-0.2, 0) is 23.7 Å². The van der Waals surface area contributed by atoms with Crippen LogP contribution < -0.4 is 0 Å². The molecule has 0 aliphatic carbocycles. The van der Waals surface area contributed by atoms with Crippen LogP contribution in [0.15, 0.2) is 11.1 Å². The van der Waals surface area contributed by atoms with E-state index in [4.69, 9.17) is 18.9 Å². The van der Waals surface area contributed by atoms with Gasteiger partial charge in [0, 0.05) is 12.0 Å². The molecule has 4 aliphatic rings. The average Bonchev–Trinajstić information content (AvgIpc) is 2.91. The molecule has 0 aromatic rings. The molecule has 4 fully saturated rings. The van der Waals surface area contributed by atoms with Gasteiger partial charge in [-0.15, -0.1) is 0 Å². The second-order valence-electron chi connectivity index (χ2n) is 4.96. The Morgan fingerprint density at radius 2 is 1.76 bits per heavy atom. The highest BCUT2D eigenvalue weighted by Gasteiger charge is 2.44. The Morgan fingerprint density at radius 3 is 2.71 bits per heavy atom. The van der Waals surface area contributed by atoms with Gasteiger partial charge >= 0.3 is 0 Å². The van der Waals surface area contributed by atoms with Crippen molar-refractivity contribution in [2.75, 3.05) is 13.2 Å². The summed E-state index contributed by atoms with van der Waals surface area (Å²) >= 11 is 0. The van der Waals surface area contributed by atoms with E-state index in [0.29, 0.717) is 19.6 Å². The van der Waals surface area contributed by atoms with Gasteiger partial charge in [-0.1, -0.05) is 0 Å². The zero-order chi connectivity index (χ0) is 11.4. The molecular weight excluding hydrogens is 224 g/mol. The van der Waals surface area contributed by atoms with Crippen molar-refractivity contribution in [3.8, 4) is 0 Å². The molecular formula is C12H14O5. The Balaban J connectivity index is 1.70. The van der Waals surface area contributed by atoms with Crippen LogP contribution in [0.4, 0.5) is 0 Å². The smallest absolute Gasteiger partial charge is 0.222 e. The van der Waals surface area contributed by atoms with Crippen molar-refractivity contribution in [2.45, 2.75) is 44.1 Å². The van der Waals surface area contributed by atoms with Crippen molar-refractivity contribution < 1.29 is 23.7 Å². The predicted octanol–water partition coefficient (Wildman–Crippen LogP) is 0.533. The maximum atomic E-state index is 12.1. The second kappa shape index (κ2) is 3.62. The van der Waals surface area contributed by atoms with Crippen molar-refractivity contribution in [3.05, 3.63) is 11.1 Å². The van der Waals surface area contributed by atoms with E-state index in [9.17, 15) is 4.79 Å². The van der Waals surface area contributed by atoms with Gasteiger partial charge < -0.3 is 18.9 Å². The van der Waals surface area contributed by atoms with E-state index in [1.807, 2.05) is 0 Å². The van der Waals surface area contributed by atoms with Crippen molar-refractivity contribution in [1.29, 1.82) is 0 Å². The monoisotopic (exact) mass is 238 g/mol. The molecule has 0 N–H and O–H groups in total. The van der Waals surface area contributed by atoms with Crippen LogP contribution in [0.25, 0.3) is 0 Å². The molecule has 92 valence electrons. The van der Waals surface area contributed by atoms with Crippen molar-refractivity contribution in [3.63, 3.8) is 0 Å². The van der Waals surface area contributed by atoms with E-state index >= 15 is 0 Å². The van der Waals surface area contributed by atoms with Crippen molar-refractivity contribution >= 4 is 5.78 Å². The molecule has 4 atom stereocenters. The first kappa shape index (κ1) is 10.2. The van der Waals surface area contributed by atoms with Crippen LogP contribution in [0.3, 0.4) is 0 Å². The van der Waals surface area contributed by atoms with Crippen LogP contribution in [0.1, 0.15) is 19.3 Å². The van der Waals surface area contributed by atoms with Gasteiger partial charge in [0.15, 0.2) is 6.29 Å². The van der Waals surface area contributed by atoms with Crippen LogP contribution in [0.5, 0.6) is 0 Å². The van der Waals surface area contributed by atoms with Gasteiger partial charge in [0.25, 0.3) is 0 Å². The highest BCUT2D eigenvalue weighted by atomic mass is 16.7. The molecule has 0 amide bonds. The fourth-order valence-corrected chi connectivity index (χ4v) is 2.96. The number of carbonyl (C=O) groups excluding carboxylic acids is 1. The molecule has 0 aromatic heterocycles. The minimum Gasteiger partial charge on any atom is -0.346 e. The summed E-state index contributed by atoms with van der Waals surface area (Å²) in [6, 6.07) is 0. The molecule has 0 unspecified atom stereocenters. The van der Waals surface area contributed by atoms with E-state index < -0.39 is 6.29 Å². The first-order valence-electron chi connectivity index (χ1n) is 6.11. The molecule has 4 heterocycles. The Bertz CT molecular complexity index is 402. The molecule has 0 radical (unpaired) electrons. The third-order valence-corrected chi connectivity index (χ3v) is 3.85. The summed E-state index contributed by atoms with van der Waals surface area (Å²) < 4.78 is 22.0. The Morgan fingerprint density at radius 1 is 1.00 bits per heavy atom. The van der Waals surface area contributed by atoms with Crippen LogP contribution in [0.2, 0.25) is 0 Å². The largest absolute Gasteiger partial charge is 0.346 e. The minimum atomic E-state index is -0.685. The quantitative estimate of drug-likeness (QED) is 0.576. The SMILES string of the molecule is O=C1/C(=C2/CC[C@H]3CO[C@@H]2O3)C[C@H]2CO[C@@H]1O2. The first-order chi connectivity index (χ1) is 8.31. The normalized spacial score (nSPS) is 48.8. The number of carbonyl (C=O) groups is 1. The fourth-order valence-electron chi connectivity index (χ4n) is 2.96. The average molecular weight is 238 g/mol. The summed E-state index contributed by atoms with van der Waals surface area (Å²) in [5, 5.41) is 0. The van der Waals surface area contributed by atoms with E-state index in [2.05, 4.69) is 0 Å². The molecule has 4 bridgehead atoms. The van der Waals surface area contributed by atoms with Gasteiger partial charge in [-0.3, -0.25) is 4.79 Å². The van der Waals surface area contributed by atoms with Gasteiger partial charge in [0.2, 0.25) is 12.1 Å². The number of fused-ring (bicyclic) bond motifs is 4. The van der Waals surface area contributed by atoms with Gasteiger partial charge in [-0.2, -0.15) is 0 Å². The van der Waals surface area contributed by atoms with Crippen molar-refractivity contribution in [1.82, 2.24) is 0 Å². The summed E-state index contributed by atoms with van der Waals surface area (Å²) in [7, 11) is 0. The Hall–Kier alpha value is -0.750. The zero-order valence-electron chi connectivity index (χ0n) is 9.39. The van der Waals surface area contributed by atoms with Crippen LogP contribution >= 0.6 is 0 Å². The standard InChI is InChI=1S/C12H14O5/c13-10-9(3-7-5-15-12(10)17-7)8-2-1-6-4-14-11(8)16-6/h6-7,11-12H,1-5H2/b9-8-/t6-,7-,11+,12+/m0/s1. The maximum absolute atomic E-state index is 12.1. The summed E-state index contributed by atoms with van der Waals surface area (Å²) in [4.78, 5) is 12.1. The number of rotatable bonds is 0. The topological polar surface area (TPSA) is 54.0 Å². The summed E-state index contributed by atoms with van der Waals surface area (Å²) in [6.45, 7) is 1.16. The van der Waals surface area contributed by atoms with Crippen molar-refractivity contribution in [2.24, 2.45) is 0 Å². The highest BCUT2D eigenvalue weighted by molar-refractivity contribution is 5.99. The van der Waals surface area contributed by atoms with E-state index in [-0.39, 0.29) is 24.3 Å². The zero-order valence-corrected chi connectivity index (χ0v) is 9.39. The second-order valence-corrected chi connectivity index (χ2v) is 4.96. The highest BCUT2D eigenvalue weighted by Crippen LogP contribution is 2.38. The molecule has 0 aromatic carbocycles. The lowest BCUT2D eigenvalue weighted by molar-refractivity contribution is -0.147. The van der Waals surface area contributed by atoms with Crippen LogP contribution in [0, 0.1) is 0 Å². The summed E-state index contributed by atoms with van der Waals surface area (Å²) in [5.41, 5.74) is 1.85. The first-order valence-corrected chi connectivity index (χ1v) is 6.11. The Kier molecular flexibility index (Phi) is 2.17. The number of ketones is 1. The third-order valence-electron chi connectivity index (χ3n) is 3.85. The molecule has 5 nitrogen and oxygen atoms in total. The number of hydrogen-bond acceptors (Lipinski definition) is 5. The summed E-state index contributed by atoms with van der Waals surface area (Å²) in [6.07, 6.45) is 1.74. The number of Topliss-reactive ketones (excluding diaryl/α,β-unsaturated/α-hetero) is 1. The molecule has 4 saturated heterocycles. The Labute approximate surface area is 98.7 Å². The third kappa shape index (κ3) is 1.50. The van der Waals surface area contributed by atoms with Crippen LogP contribution in [-0.4, -0.2) is 43.8 Å². The molecule has 0 spiro atoms. The molecule has 17 heavy (non-hydrogen) atoms. The number of hydrogen-bond donors (Lipinski definition) is 0. The number of ether oxygens (including phenoxy) is 4. The maximum Gasteiger partial charge on any atom is 0.222 e. The van der Waals surface area contributed by atoms with E-state index in [1.165, 1.54) is 0 Å². The van der Waals surface area contributed by atoms with Gasteiger partial charge in [-0.05, 0) is 18.4 Å². The lowest BCUT2D eigenvalue weighted by atomic mass is 9.91. The van der Waals surface area contributed by atoms with E-state index in [1.54, 1.807) is 0 Å². The fraction of sp³-hybridized carbons (Fsp3) is 0.750. The lowest BCUT2D eigenvalue weighted by Gasteiger charge is -2.27.